The largest absolute Gasteiger partial charge is 0.245 e. The maximum Gasteiger partial charge on any atom is 0.245 e. The highest BCUT2D eigenvalue weighted by molar-refractivity contribution is 7.89. The van der Waals surface area contributed by atoms with E-state index in [0.717, 1.165) is 32.1 Å². The topological polar surface area (TPSA) is 37.4 Å². The summed E-state index contributed by atoms with van der Waals surface area (Å²) < 4.78 is 39.6. The number of rotatable bonds is 3. The van der Waals surface area contributed by atoms with Gasteiger partial charge in [0.2, 0.25) is 10.0 Å². The van der Waals surface area contributed by atoms with Crippen molar-refractivity contribution in [2.75, 3.05) is 7.05 Å². The van der Waals surface area contributed by atoms with Gasteiger partial charge in [0.15, 0.2) is 0 Å². The first-order valence-corrected chi connectivity index (χ1v) is 7.70. The lowest BCUT2D eigenvalue weighted by Crippen LogP contribution is -2.38. The highest BCUT2D eigenvalue weighted by Crippen LogP contribution is 2.27. The van der Waals surface area contributed by atoms with Crippen LogP contribution in [0.15, 0.2) is 29.2 Å². The molecule has 0 spiro atoms. The molecule has 0 saturated heterocycles. The Balaban J connectivity index is 2.28. The van der Waals surface area contributed by atoms with Crippen molar-refractivity contribution in [3.05, 3.63) is 30.1 Å². The van der Waals surface area contributed by atoms with Crippen molar-refractivity contribution in [1.82, 2.24) is 4.31 Å². The van der Waals surface area contributed by atoms with Gasteiger partial charge in [-0.15, -0.1) is 0 Å². The Morgan fingerprint density at radius 2 is 1.78 bits per heavy atom. The summed E-state index contributed by atoms with van der Waals surface area (Å²) in [6.07, 6.45) is 4.97. The molecular formula is C13H18FNO2S. The van der Waals surface area contributed by atoms with E-state index < -0.39 is 15.8 Å². The minimum absolute atomic E-state index is 0.00311. The highest BCUT2D eigenvalue weighted by Gasteiger charge is 2.30. The zero-order valence-corrected chi connectivity index (χ0v) is 11.3. The highest BCUT2D eigenvalue weighted by atomic mass is 32.2. The Morgan fingerprint density at radius 1 is 1.17 bits per heavy atom. The van der Waals surface area contributed by atoms with Crippen molar-refractivity contribution in [3.63, 3.8) is 0 Å². The molecule has 1 aliphatic rings. The van der Waals surface area contributed by atoms with Crippen molar-refractivity contribution in [3.8, 4) is 0 Å². The Bertz CT molecular complexity index is 509. The maximum atomic E-state index is 13.6. The van der Waals surface area contributed by atoms with Gasteiger partial charge in [-0.3, -0.25) is 0 Å². The Morgan fingerprint density at radius 3 is 2.39 bits per heavy atom. The van der Waals surface area contributed by atoms with Crippen molar-refractivity contribution in [2.24, 2.45) is 0 Å². The summed E-state index contributed by atoms with van der Waals surface area (Å²) in [4.78, 5) is -0.224. The van der Waals surface area contributed by atoms with Gasteiger partial charge in [-0.25, -0.2) is 12.8 Å². The average molecular weight is 271 g/mol. The van der Waals surface area contributed by atoms with Crippen LogP contribution in [-0.4, -0.2) is 25.8 Å². The lowest BCUT2D eigenvalue weighted by molar-refractivity contribution is 0.285. The maximum absolute atomic E-state index is 13.6. The van der Waals surface area contributed by atoms with Gasteiger partial charge < -0.3 is 0 Å². The van der Waals surface area contributed by atoms with E-state index in [1.54, 1.807) is 13.1 Å². The van der Waals surface area contributed by atoms with Crippen LogP contribution in [0.4, 0.5) is 4.39 Å². The van der Waals surface area contributed by atoms with E-state index in [1.165, 1.54) is 22.5 Å². The van der Waals surface area contributed by atoms with Gasteiger partial charge in [-0.1, -0.05) is 31.4 Å². The van der Waals surface area contributed by atoms with Gasteiger partial charge in [-0.2, -0.15) is 4.31 Å². The van der Waals surface area contributed by atoms with Crippen LogP contribution in [0.25, 0.3) is 0 Å². The van der Waals surface area contributed by atoms with Crippen LogP contribution in [0, 0.1) is 5.82 Å². The summed E-state index contributed by atoms with van der Waals surface area (Å²) in [5.74, 6) is -0.680. The van der Waals surface area contributed by atoms with Gasteiger partial charge in [-0.05, 0) is 25.0 Å². The molecule has 100 valence electrons. The van der Waals surface area contributed by atoms with Crippen LogP contribution in [-0.2, 0) is 10.0 Å². The summed E-state index contributed by atoms with van der Waals surface area (Å²) in [7, 11) is -2.16. The van der Waals surface area contributed by atoms with Crippen LogP contribution >= 0.6 is 0 Å². The predicted octanol–water partition coefficient (Wildman–Crippen LogP) is 2.78. The van der Waals surface area contributed by atoms with E-state index in [1.807, 2.05) is 0 Å². The SMILES string of the molecule is CN(C1CCCCC1)S(=O)(=O)c1ccccc1F. The minimum Gasteiger partial charge on any atom is -0.207 e. The molecule has 1 aromatic carbocycles. The van der Waals surface area contributed by atoms with Crippen molar-refractivity contribution < 1.29 is 12.8 Å². The fraction of sp³-hybridized carbons (Fsp3) is 0.538. The molecule has 18 heavy (non-hydrogen) atoms. The molecule has 5 heteroatoms. The van der Waals surface area contributed by atoms with Gasteiger partial charge >= 0.3 is 0 Å². The zero-order chi connectivity index (χ0) is 13.2. The molecule has 1 aromatic rings. The van der Waals surface area contributed by atoms with E-state index in [4.69, 9.17) is 0 Å². The normalized spacial score (nSPS) is 18.2. The van der Waals surface area contributed by atoms with E-state index in [0.29, 0.717) is 0 Å². The quantitative estimate of drug-likeness (QED) is 0.847. The second-order valence-electron chi connectivity index (χ2n) is 4.74. The number of sulfonamides is 1. The van der Waals surface area contributed by atoms with Crippen molar-refractivity contribution in [1.29, 1.82) is 0 Å². The molecule has 0 bridgehead atoms. The number of halogens is 1. The van der Waals surface area contributed by atoms with Crippen LogP contribution < -0.4 is 0 Å². The molecule has 1 aliphatic carbocycles. The molecule has 1 saturated carbocycles. The summed E-state index contributed by atoms with van der Waals surface area (Å²) in [5, 5.41) is 0. The molecular weight excluding hydrogens is 253 g/mol. The molecule has 0 atom stereocenters. The first-order chi connectivity index (χ1) is 8.53. The number of hydrogen-bond acceptors (Lipinski definition) is 2. The van der Waals surface area contributed by atoms with Crippen LogP contribution in [0.5, 0.6) is 0 Å². The predicted molar refractivity (Wildman–Crippen MR) is 68.2 cm³/mol. The van der Waals surface area contributed by atoms with Gasteiger partial charge in [0.25, 0.3) is 0 Å². The molecule has 0 aromatic heterocycles. The zero-order valence-electron chi connectivity index (χ0n) is 10.5. The average Bonchev–Trinajstić information content (AvgIpc) is 2.39. The lowest BCUT2D eigenvalue weighted by atomic mass is 9.96. The molecule has 0 unspecified atom stereocenters. The Labute approximate surface area is 108 Å². The summed E-state index contributed by atoms with van der Waals surface area (Å²) in [5.41, 5.74) is 0. The molecule has 0 heterocycles. The first kappa shape index (κ1) is 13.5. The van der Waals surface area contributed by atoms with E-state index in [-0.39, 0.29) is 10.9 Å². The first-order valence-electron chi connectivity index (χ1n) is 6.26. The third-order valence-corrected chi connectivity index (χ3v) is 5.53. The monoisotopic (exact) mass is 271 g/mol. The van der Waals surface area contributed by atoms with Gasteiger partial charge in [0.1, 0.15) is 10.7 Å². The van der Waals surface area contributed by atoms with E-state index in [2.05, 4.69) is 0 Å². The van der Waals surface area contributed by atoms with E-state index >= 15 is 0 Å². The van der Waals surface area contributed by atoms with Crippen LogP contribution in [0.1, 0.15) is 32.1 Å². The number of hydrogen-bond donors (Lipinski definition) is 0. The van der Waals surface area contributed by atoms with Crippen molar-refractivity contribution >= 4 is 10.0 Å². The third kappa shape index (κ3) is 2.57. The fourth-order valence-corrected chi connectivity index (χ4v) is 3.93. The summed E-state index contributed by atoms with van der Waals surface area (Å²) in [6.45, 7) is 0. The van der Waals surface area contributed by atoms with Crippen LogP contribution in [0.3, 0.4) is 0 Å². The molecule has 3 nitrogen and oxygen atoms in total. The Hall–Kier alpha value is -0.940. The summed E-state index contributed by atoms with van der Waals surface area (Å²) in [6, 6.07) is 5.55. The second kappa shape index (κ2) is 5.36. The number of nitrogens with zero attached hydrogens (tertiary/aromatic N) is 1. The van der Waals surface area contributed by atoms with Crippen LogP contribution in [0.2, 0.25) is 0 Å². The second-order valence-corrected chi connectivity index (χ2v) is 6.71. The molecule has 0 N–H and O–H groups in total. The lowest BCUT2D eigenvalue weighted by Gasteiger charge is -2.30. The minimum atomic E-state index is -3.71. The molecule has 2 rings (SSSR count). The fourth-order valence-electron chi connectivity index (χ4n) is 2.45. The smallest absolute Gasteiger partial charge is 0.207 e. The van der Waals surface area contributed by atoms with Gasteiger partial charge in [0, 0.05) is 13.1 Å². The van der Waals surface area contributed by atoms with Gasteiger partial charge in [0.05, 0.1) is 0 Å². The third-order valence-electron chi connectivity index (χ3n) is 3.58. The molecule has 0 aliphatic heterocycles. The van der Waals surface area contributed by atoms with E-state index in [9.17, 15) is 12.8 Å². The molecule has 1 fully saturated rings. The summed E-state index contributed by atoms with van der Waals surface area (Å²) >= 11 is 0. The Kier molecular flexibility index (Phi) is 4.02. The molecule has 0 amide bonds. The standard InChI is InChI=1S/C13H18FNO2S/c1-15(11-7-3-2-4-8-11)18(16,17)13-10-6-5-9-12(13)14/h5-6,9-11H,2-4,7-8H2,1H3. The molecule has 0 radical (unpaired) electrons. The van der Waals surface area contributed by atoms with Crippen molar-refractivity contribution in [2.45, 2.75) is 43.0 Å². The number of benzene rings is 1.